The fourth-order valence-electron chi connectivity index (χ4n) is 2.31. The van der Waals surface area contributed by atoms with Crippen molar-refractivity contribution in [3.05, 3.63) is 40.9 Å². The van der Waals surface area contributed by atoms with Crippen molar-refractivity contribution in [2.75, 3.05) is 12.4 Å². The van der Waals surface area contributed by atoms with Gasteiger partial charge in [0.25, 0.3) is 0 Å². The van der Waals surface area contributed by atoms with Gasteiger partial charge in [-0.25, -0.2) is 9.59 Å². The van der Waals surface area contributed by atoms with Crippen molar-refractivity contribution < 1.29 is 14.3 Å². The third-order valence-electron chi connectivity index (χ3n) is 3.47. The average molecular weight is 366 g/mol. The summed E-state index contributed by atoms with van der Waals surface area (Å²) >= 11 is 5.96. The molecule has 134 valence electrons. The number of ether oxygens (including phenoxy) is 1. The number of nitrogens with zero attached hydrogens (tertiary/aromatic N) is 3. The van der Waals surface area contributed by atoms with Crippen molar-refractivity contribution in [2.45, 2.75) is 32.9 Å². The van der Waals surface area contributed by atoms with Gasteiger partial charge in [-0.2, -0.15) is 0 Å². The van der Waals surface area contributed by atoms with Gasteiger partial charge in [-0.05, 0) is 31.5 Å². The summed E-state index contributed by atoms with van der Waals surface area (Å²) in [5, 5.41) is 13.6. The summed E-state index contributed by atoms with van der Waals surface area (Å²) in [6, 6.07) is 3.81. The first-order valence-electron chi connectivity index (χ1n) is 7.79. The molecule has 1 atom stereocenters. The second kappa shape index (κ2) is 8.48. The number of esters is 1. The number of urea groups is 1. The lowest BCUT2D eigenvalue weighted by Gasteiger charge is -2.15. The third kappa shape index (κ3) is 4.69. The Balaban J connectivity index is 2.05. The molecule has 0 aliphatic rings. The zero-order valence-electron chi connectivity index (χ0n) is 14.2. The van der Waals surface area contributed by atoms with Crippen molar-refractivity contribution in [1.82, 2.24) is 20.1 Å². The average Bonchev–Trinajstić information content (AvgIpc) is 3.04. The summed E-state index contributed by atoms with van der Waals surface area (Å²) in [6.45, 7) is 4.64. The van der Waals surface area contributed by atoms with Crippen LogP contribution >= 0.6 is 11.6 Å². The van der Waals surface area contributed by atoms with E-state index in [1.54, 1.807) is 12.4 Å². The van der Waals surface area contributed by atoms with Crippen molar-refractivity contribution in [1.29, 1.82) is 0 Å². The molecule has 1 aromatic carbocycles. The molecule has 2 aromatic rings. The lowest BCUT2D eigenvalue weighted by molar-refractivity contribution is 0.0601. The first-order valence-corrected chi connectivity index (χ1v) is 8.17. The van der Waals surface area contributed by atoms with Gasteiger partial charge in [0.05, 0.1) is 23.7 Å². The molecule has 25 heavy (non-hydrogen) atoms. The van der Waals surface area contributed by atoms with E-state index < -0.39 is 12.0 Å². The molecule has 2 amide bonds. The molecule has 8 nitrogen and oxygen atoms in total. The van der Waals surface area contributed by atoms with Gasteiger partial charge < -0.3 is 19.9 Å². The highest BCUT2D eigenvalue weighted by molar-refractivity contribution is 6.33. The number of anilines is 1. The van der Waals surface area contributed by atoms with Crippen molar-refractivity contribution in [3.63, 3.8) is 0 Å². The van der Waals surface area contributed by atoms with E-state index in [2.05, 4.69) is 25.6 Å². The number of carbonyl (C=O) groups excluding carboxylic acids is 2. The highest BCUT2D eigenvalue weighted by Crippen LogP contribution is 2.21. The summed E-state index contributed by atoms with van der Waals surface area (Å²) in [6.07, 6.45) is 2.57. The van der Waals surface area contributed by atoms with Gasteiger partial charge in [0.15, 0.2) is 5.82 Å². The van der Waals surface area contributed by atoms with Gasteiger partial charge in [-0.15, -0.1) is 10.2 Å². The Morgan fingerprint density at radius 1 is 1.40 bits per heavy atom. The molecule has 1 aromatic heterocycles. The standard InChI is InChI=1S/C16H20ClN5O3/c1-4-7-22-9-18-21-14(22)10(2)19-16(24)20-11-5-6-13(17)12(8-11)15(23)25-3/h5-6,8-10H,4,7H2,1-3H3,(H2,19,20,24)/t10-/m0/s1. The Morgan fingerprint density at radius 3 is 2.84 bits per heavy atom. The Hall–Kier alpha value is -2.61. The molecule has 0 unspecified atom stereocenters. The van der Waals surface area contributed by atoms with E-state index in [-0.39, 0.29) is 16.6 Å². The van der Waals surface area contributed by atoms with E-state index in [1.165, 1.54) is 19.2 Å². The molecule has 9 heteroatoms. The maximum absolute atomic E-state index is 12.2. The number of rotatable bonds is 6. The zero-order valence-corrected chi connectivity index (χ0v) is 15.0. The number of halogens is 1. The van der Waals surface area contributed by atoms with Gasteiger partial charge in [0, 0.05) is 12.2 Å². The maximum atomic E-state index is 12.2. The van der Waals surface area contributed by atoms with E-state index in [0.717, 1.165) is 13.0 Å². The molecule has 1 heterocycles. The van der Waals surface area contributed by atoms with E-state index in [4.69, 9.17) is 11.6 Å². The van der Waals surface area contributed by atoms with Crippen LogP contribution in [-0.2, 0) is 11.3 Å². The minimum Gasteiger partial charge on any atom is -0.465 e. The molecule has 0 saturated heterocycles. The first kappa shape index (κ1) is 18.7. The van der Waals surface area contributed by atoms with Gasteiger partial charge in [0.1, 0.15) is 6.33 Å². The Kier molecular flexibility index (Phi) is 6.35. The van der Waals surface area contributed by atoms with Crippen LogP contribution in [0.1, 0.15) is 42.5 Å². The molecular weight excluding hydrogens is 346 g/mol. The van der Waals surface area contributed by atoms with Crippen LogP contribution < -0.4 is 10.6 Å². The number of aryl methyl sites for hydroxylation is 1. The quantitative estimate of drug-likeness (QED) is 0.767. The van der Waals surface area contributed by atoms with Gasteiger partial charge >= 0.3 is 12.0 Å². The Morgan fingerprint density at radius 2 is 2.16 bits per heavy atom. The topological polar surface area (TPSA) is 98.1 Å². The number of aromatic nitrogens is 3. The second-order valence-electron chi connectivity index (χ2n) is 5.39. The van der Waals surface area contributed by atoms with Crippen LogP contribution in [0, 0.1) is 0 Å². The van der Waals surface area contributed by atoms with Gasteiger partial charge in [-0.1, -0.05) is 18.5 Å². The Labute approximate surface area is 150 Å². The number of hydrogen-bond acceptors (Lipinski definition) is 5. The Bertz CT molecular complexity index is 762. The second-order valence-corrected chi connectivity index (χ2v) is 5.80. The van der Waals surface area contributed by atoms with E-state index >= 15 is 0 Å². The zero-order chi connectivity index (χ0) is 18.4. The van der Waals surface area contributed by atoms with Crippen LogP contribution in [0.15, 0.2) is 24.5 Å². The van der Waals surface area contributed by atoms with Crippen LogP contribution in [0.4, 0.5) is 10.5 Å². The highest BCUT2D eigenvalue weighted by atomic mass is 35.5. The fourth-order valence-corrected chi connectivity index (χ4v) is 2.50. The smallest absolute Gasteiger partial charge is 0.339 e. The fraction of sp³-hybridized carbons (Fsp3) is 0.375. The number of amides is 2. The van der Waals surface area contributed by atoms with Gasteiger partial charge in [0.2, 0.25) is 0 Å². The van der Waals surface area contributed by atoms with Crippen molar-refractivity contribution in [3.8, 4) is 0 Å². The lowest BCUT2D eigenvalue weighted by Crippen LogP contribution is -2.32. The van der Waals surface area contributed by atoms with E-state index in [1.807, 2.05) is 18.4 Å². The molecule has 2 N–H and O–H groups in total. The number of carbonyl (C=O) groups is 2. The van der Waals surface area contributed by atoms with Crippen molar-refractivity contribution >= 4 is 29.3 Å². The highest BCUT2D eigenvalue weighted by Gasteiger charge is 2.17. The summed E-state index contributed by atoms with van der Waals surface area (Å²) in [4.78, 5) is 23.8. The molecular formula is C16H20ClN5O3. The van der Waals surface area contributed by atoms with Crippen molar-refractivity contribution in [2.24, 2.45) is 0 Å². The third-order valence-corrected chi connectivity index (χ3v) is 3.80. The number of benzene rings is 1. The molecule has 0 aliphatic heterocycles. The summed E-state index contributed by atoms with van der Waals surface area (Å²) < 4.78 is 6.55. The molecule has 0 saturated carbocycles. The van der Waals surface area contributed by atoms with E-state index in [9.17, 15) is 9.59 Å². The van der Waals surface area contributed by atoms with Crippen LogP contribution in [0.25, 0.3) is 0 Å². The summed E-state index contributed by atoms with van der Waals surface area (Å²) in [7, 11) is 1.26. The van der Waals surface area contributed by atoms with Crippen LogP contribution in [0.5, 0.6) is 0 Å². The normalized spacial score (nSPS) is 11.7. The van der Waals surface area contributed by atoms with Crippen LogP contribution in [-0.4, -0.2) is 33.9 Å². The predicted octanol–water partition coefficient (Wildman–Crippen LogP) is 3.01. The maximum Gasteiger partial charge on any atom is 0.339 e. The number of nitrogens with one attached hydrogen (secondary N) is 2. The molecule has 0 aliphatic carbocycles. The summed E-state index contributed by atoms with van der Waals surface area (Å²) in [5.41, 5.74) is 0.599. The monoisotopic (exact) mass is 365 g/mol. The van der Waals surface area contributed by atoms with Crippen LogP contribution in [0.3, 0.4) is 0 Å². The molecule has 2 rings (SSSR count). The minimum atomic E-state index is -0.574. The van der Waals surface area contributed by atoms with Crippen LogP contribution in [0.2, 0.25) is 5.02 Å². The molecule has 0 spiro atoms. The van der Waals surface area contributed by atoms with E-state index in [0.29, 0.717) is 11.5 Å². The molecule has 0 bridgehead atoms. The molecule has 0 fully saturated rings. The number of hydrogen-bond donors (Lipinski definition) is 2. The number of methoxy groups -OCH3 is 1. The predicted molar refractivity (Wildman–Crippen MR) is 93.7 cm³/mol. The molecule has 0 radical (unpaired) electrons. The van der Waals surface area contributed by atoms with Gasteiger partial charge in [-0.3, -0.25) is 0 Å². The first-order chi connectivity index (χ1) is 12.0. The lowest BCUT2D eigenvalue weighted by atomic mass is 10.2. The minimum absolute atomic E-state index is 0.178. The SMILES string of the molecule is CCCn1cnnc1[C@H](C)NC(=O)Nc1ccc(Cl)c(C(=O)OC)c1. The summed E-state index contributed by atoms with van der Waals surface area (Å²) in [5.74, 6) is 0.0958. The largest absolute Gasteiger partial charge is 0.465 e.